The minimum Gasteiger partial charge on any atom is -0.508 e. The van der Waals surface area contributed by atoms with E-state index in [9.17, 15) is 5.11 Å². The van der Waals surface area contributed by atoms with E-state index < -0.39 is 0 Å². The summed E-state index contributed by atoms with van der Waals surface area (Å²) in [6.07, 6.45) is 3.68. The number of fused-ring (bicyclic) bond motifs is 1. The molecule has 18 heavy (non-hydrogen) atoms. The molecule has 0 amide bonds. The number of rotatable bonds is 1. The number of aryl methyl sites for hydroxylation is 1. The van der Waals surface area contributed by atoms with Gasteiger partial charge in [-0.25, -0.2) is 0 Å². The van der Waals surface area contributed by atoms with Gasteiger partial charge in [-0.1, -0.05) is 6.07 Å². The Morgan fingerprint density at radius 2 is 1.94 bits per heavy atom. The van der Waals surface area contributed by atoms with Crippen LogP contribution < -0.4 is 0 Å². The smallest absolute Gasteiger partial charge is 0.115 e. The van der Waals surface area contributed by atoms with Crippen LogP contribution in [0.15, 0.2) is 18.2 Å². The van der Waals surface area contributed by atoms with Crippen molar-refractivity contribution in [3.63, 3.8) is 0 Å². The molecule has 0 radical (unpaired) electrons. The fourth-order valence-electron chi connectivity index (χ4n) is 3.27. The van der Waals surface area contributed by atoms with E-state index in [-0.39, 0.29) is 0 Å². The Bertz CT molecular complexity index is 425. The molecule has 1 heterocycles. The second-order valence-electron chi connectivity index (χ2n) is 5.63. The van der Waals surface area contributed by atoms with Gasteiger partial charge in [0.05, 0.1) is 0 Å². The van der Waals surface area contributed by atoms with Gasteiger partial charge in [0, 0.05) is 32.2 Å². The summed E-state index contributed by atoms with van der Waals surface area (Å²) in [5.41, 5.74) is 2.80. The first-order valence-electron chi connectivity index (χ1n) is 6.98. The average Bonchev–Trinajstić information content (AvgIpc) is 2.39. The summed E-state index contributed by atoms with van der Waals surface area (Å²) in [6, 6.07) is 6.44. The van der Waals surface area contributed by atoms with E-state index >= 15 is 0 Å². The Balaban J connectivity index is 1.84. The second kappa shape index (κ2) is 4.90. The first kappa shape index (κ1) is 12.0. The number of nitrogens with zero attached hydrogens (tertiary/aromatic N) is 2. The molecule has 0 unspecified atom stereocenters. The Labute approximate surface area is 109 Å². The van der Waals surface area contributed by atoms with E-state index in [1.807, 2.05) is 12.1 Å². The van der Waals surface area contributed by atoms with Crippen molar-refractivity contribution in [1.82, 2.24) is 9.80 Å². The number of piperazine rings is 1. The Hall–Kier alpha value is -1.06. The lowest BCUT2D eigenvalue weighted by Crippen LogP contribution is -2.46. The van der Waals surface area contributed by atoms with Crippen molar-refractivity contribution < 1.29 is 5.11 Å². The van der Waals surface area contributed by atoms with Crippen LogP contribution in [0.3, 0.4) is 0 Å². The highest BCUT2D eigenvalue weighted by Gasteiger charge is 2.28. The minimum atomic E-state index is 0.412. The van der Waals surface area contributed by atoms with E-state index in [0.717, 1.165) is 26.2 Å². The molecule has 1 aliphatic carbocycles. The topological polar surface area (TPSA) is 26.7 Å². The van der Waals surface area contributed by atoms with E-state index in [1.165, 1.54) is 30.4 Å². The van der Waals surface area contributed by atoms with Crippen molar-refractivity contribution >= 4 is 0 Å². The zero-order chi connectivity index (χ0) is 12.5. The van der Waals surface area contributed by atoms with Crippen LogP contribution in [-0.2, 0) is 6.42 Å². The summed E-state index contributed by atoms with van der Waals surface area (Å²) in [7, 11) is 2.19. The molecule has 1 saturated heterocycles. The SMILES string of the molecule is CN1CCN([C@H]2CCCc3ccc(O)cc32)CC1. The lowest BCUT2D eigenvalue weighted by atomic mass is 9.86. The summed E-state index contributed by atoms with van der Waals surface area (Å²) in [4.78, 5) is 4.99. The van der Waals surface area contributed by atoms with Gasteiger partial charge in [-0.2, -0.15) is 0 Å². The summed E-state index contributed by atoms with van der Waals surface area (Å²) in [5.74, 6) is 0.412. The first-order valence-corrected chi connectivity index (χ1v) is 6.98. The number of benzene rings is 1. The van der Waals surface area contributed by atoms with Gasteiger partial charge < -0.3 is 10.0 Å². The highest BCUT2D eigenvalue weighted by Crippen LogP contribution is 2.36. The van der Waals surface area contributed by atoms with Gasteiger partial charge in [-0.05, 0) is 49.6 Å². The van der Waals surface area contributed by atoms with E-state index in [1.54, 1.807) is 0 Å². The lowest BCUT2D eigenvalue weighted by Gasteiger charge is -2.40. The van der Waals surface area contributed by atoms with Crippen molar-refractivity contribution in [1.29, 1.82) is 0 Å². The van der Waals surface area contributed by atoms with Crippen LogP contribution in [0.4, 0.5) is 0 Å². The fourth-order valence-corrected chi connectivity index (χ4v) is 3.27. The molecule has 3 heteroatoms. The quantitative estimate of drug-likeness (QED) is 0.821. The Morgan fingerprint density at radius 3 is 2.72 bits per heavy atom. The first-order chi connectivity index (χ1) is 8.74. The molecule has 1 aromatic carbocycles. The third kappa shape index (κ3) is 2.25. The van der Waals surface area contributed by atoms with Crippen LogP contribution in [0, 0.1) is 0 Å². The largest absolute Gasteiger partial charge is 0.508 e. The van der Waals surface area contributed by atoms with Gasteiger partial charge in [-0.3, -0.25) is 4.90 Å². The van der Waals surface area contributed by atoms with Gasteiger partial charge in [0.15, 0.2) is 0 Å². The standard InChI is InChI=1S/C15H22N2O/c1-16-7-9-17(10-8-16)15-4-2-3-12-5-6-13(18)11-14(12)15/h5-6,11,15,18H,2-4,7-10H2,1H3/t15-/m0/s1. The predicted octanol–water partition coefficient (Wildman–Crippen LogP) is 2.02. The molecule has 1 atom stereocenters. The molecule has 1 aliphatic heterocycles. The molecule has 1 N–H and O–H groups in total. The number of phenols is 1. The van der Waals surface area contributed by atoms with Gasteiger partial charge in [0.25, 0.3) is 0 Å². The maximum atomic E-state index is 9.72. The van der Waals surface area contributed by atoms with Gasteiger partial charge in [0.2, 0.25) is 0 Å². The number of hydrogen-bond acceptors (Lipinski definition) is 3. The normalized spacial score (nSPS) is 25.9. The third-order valence-corrected chi connectivity index (χ3v) is 4.39. The van der Waals surface area contributed by atoms with Crippen LogP contribution in [0.5, 0.6) is 5.75 Å². The second-order valence-corrected chi connectivity index (χ2v) is 5.63. The molecule has 1 aromatic rings. The number of hydrogen-bond donors (Lipinski definition) is 1. The van der Waals surface area contributed by atoms with Crippen molar-refractivity contribution in [2.45, 2.75) is 25.3 Å². The number of likely N-dealkylation sites (N-methyl/N-ethyl adjacent to an activating group) is 1. The van der Waals surface area contributed by atoms with Crippen LogP contribution in [0.25, 0.3) is 0 Å². The monoisotopic (exact) mass is 246 g/mol. The summed E-state index contributed by atoms with van der Waals surface area (Å²) >= 11 is 0. The molecular weight excluding hydrogens is 224 g/mol. The molecule has 2 aliphatic rings. The van der Waals surface area contributed by atoms with Crippen LogP contribution >= 0.6 is 0 Å². The summed E-state index contributed by atoms with van der Waals surface area (Å²) < 4.78 is 0. The van der Waals surface area contributed by atoms with Gasteiger partial charge in [-0.15, -0.1) is 0 Å². The van der Waals surface area contributed by atoms with E-state index in [4.69, 9.17) is 0 Å². The average molecular weight is 246 g/mol. The summed E-state index contributed by atoms with van der Waals surface area (Å²) in [6.45, 7) is 4.61. The maximum Gasteiger partial charge on any atom is 0.115 e. The predicted molar refractivity (Wildman–Crippen MR) is 72.9 cm³/mol. The van der Waals surface area contributed by atoms with E-state index in [2.05, 4.69) is 22.9 Å². The lowest BCUT2D eigenvalue weighted by molar-refractivity contribution is 0.102. The molecule has 3 nitrogen and oxygen atoms in total. The molecule has 3 rings (SSSR count). The zero-order valence-electron chi connectivity index (χ0n) is 11.1. The van der Waals surface area contributed by atoms with Crippen LogP contribution in [-0.4, -0.2) is 48.1 Å². The van der Waals surface area contributed by atoms with Gasteiger partial charge >= 0.3 is 0 Å². The molecular formula is C15H22N2O. The number of aromatic hydroxyl groups is 1. The summed E-state index contributed by atoms with van der Waals surface area (Å²) in [5, 5.41) is 9.72. The van der Waals surface area contributed by atoms with Crippen molar-refractivity contribution in [3.8, 4) is 5.75 Å². The third-order valence-electron chi connectivity index (χ3n) is 4.39. The maximum absolute atomic E-state index is 9.72. The van der Waals surface area contributed by atoms with Crippen LogP contribution in [0.1, 0.15) is 30.0 Å². The van der Waals surface area contributed by atoms with Crippen molar-refractivity contribution in [2.75, 3.05) is 33.2 Å². The van der Waals surface area contributed by atoms with Gasteiger partial charge in [0.1, 0.15) is 5.75 Å². The van der Waals surface area contributed by atoms with E-state index in [0.29, 0.717) is 11.8 Å². The zero-order valence-corrected chi connectivity index (χ0v) is 11.1. The molecule has 0 aromatic heterocycles. The molecule has 0 saturated carbocycles. The molecule has 0 bridgehead atoms. The Kier molecular flexibility index (Phi) is 3.27. The highest BCUT2D eigenvalue weighted by atomic mass is 16.3. The number of phenolic OH excluding ortho intramolecular Hbond substituents is 1. The highest BCUT2D eigenvalue weighted by molar-refractivity contribution is 5.38. The fraction of sp³-hybridized carbons (Fsp3) is 0.600. The van der Waals surface area contributed by atoms with Crippen LogP contribution in [0.2, 0.25) is 0 Å². The van der Waals surface area contributed by atoms with Crippen molar-refractivity contribution in [3.05, 3.63) is 29.3 Å². The Morgan fingerprint density at radius 1 is 1.17 bits per heavy atom. The molecule has 98 valence electrons. The van der Waals surface area contributed by atoms with Crippen molar-refractivity contribution in [2.24, 2.45) is 0 Å². The minimum absolute atomic E-state index is 0.412. The molecule has 1 fully saturated rings. The molecule has 0 spiro atoms.